The van der Waals surface area contributed by atoms with E-state index in [1.807, 2.05) is 54.6 Å². The standard InChI is InChI=1S/C22H29NO6/c1-26-11-12-27-13-14-28-21-9-7-18(8-10-21)15-20(16-24)23-22(25)29-17-19-5-3-2-4-6-19/h2-10,20,24H,11-17H2,1H3,(H,23,25). The smallest absolute Gasteiger partial charge is 0.407 e. The maximum absolute atomic E-state index is 12.0. The molecule has 158 valence electrons. The van der Waals surface area contributed by atoms with Crippen LogP contribution in [0.3, 0.4) is 0 Å². The molecule has 29 heavy (non-hydrogen) atoms. The number of benzene rings is 2. The highest BCUT2D eigenvalue weighted by Crippen LogP contribution is 2.13. The third-order valence-corrected chi connectivity index (χ3v) is 4.09. The van der Waals surface area contributed by atoms with Gasteiger partial charge < -0.3 is 29.4 Å². The van der Waals surface area contributed by atoms with E-state index in [1.165, 1.54) is 0 Å². The third-order valence-electron chi connectivity index (χ3n) is 4.09. The molecular weight excluding hydrogens is 374 g/mol. The van der Waals surface area contributed by atoms with Gasteiger partial charge in [-0.1, -0.05) is 42.5 Å². The fourth-order valence-electron chi connectivity index (χ4n) is 2.56. The van der Waals surface area contributed by atoms with Crippen molar-refractivity contribution < 1.29 is 28.8 Å². The minimum Gasteiger partial charge on any atom is -0.491 e. The Bertz CT molecular complexity index is 692. The number of rotatable bonds is 13. The number of carbonyl (C=O) groups is 1. The van der Waals surface area contributed by atoms with Gasteiger partial charge in [-0.25, -0.2) is 4.79 Å². The third kappa shape index (κ3) is 9.43. The Hall–Kier alpha value is -2.61. The van der Waals surface area contributed by atoms with Crippen LogP contribution in [0.1, 0.15) is 11.1 Å². The molecular formula is C22H29NO6. The Kier molecular flexibility index (Phi) is 10.6. The number of carbonyl (C=O) groups excluding carboxylic acids is 1. The van der Waals surface area contributed by atoms with Gasteiger partial charge in [-0.05, 0) is 29.7 Å². The molecule has 0 spiro atoms. The lowest BCUT2D eigenvalue weighted by atomic mass is 10.1. The van der Waals surface area contributed by atoms with Crippen molar-refractivity contribution in [3.8, 4) is 5.75 Å². The van der Waals surface area contributed by atoms with Crippen molar-refractivity contribution in [3.63, 3.8) is 0 Å². The predicted octanol–water partition coefficient (Wildman–Crippen LogP) is 2.56. The van der Waals surface area contributed by atoms with E-state index in [1.54, 1.807) is 7.11 Å². The zero-order valence-corrected chi connectivity index (χ0v) is 16.7. The van der Waals surface area contributed by atoms with E-state index >= 15 is 0 Å². The Morgan fingerprint density at radius 1 is 0.966 bits per heavy atom. The molecule has 0 aliphatic carbocycles. The van der Waals surface area contributed by atoms with Gasteiger partial charge in [0.05, 0.1) is 32.5 Å². The molecule has 1 unspecified atom stereocenters. The van der Waals surface area contributed by atoms with Gasteiger partial charge >= 0.3 is 6.09 Å². The summed E-state index contributed by atoms with van der Waals surface area (Å²) in [6.07, 6.45) is -0.0708. The molecule has 7 heteroatoms. The zero-order chi connectivity index (χ0) is 20.7. The van der Waals surface area contributed by atoms with E-state index < -0.39 is 12.1 Å². The lowest BCUT2D eigenvalue weighted by molar-refractivity contribution is 0.0544. The second-order valence-corrected chi connectivity index (χ2v) is 6.39. The molecule has 0 fully saturated rings. The van der Waals surface area contributed by atoms with Crippen LogP contribution in [-0.2, 0) is 27.2 Å². The van der Waals surface area contributed by atoms with E-state index in [9.17, 15) is 9.90 Å². The van der Waals surface area contributed by atoms with Crippen LogP contribution in [0.2, 0.25) is 0 Å². The summed E-state index contributed by atoms with van der Waals surface area (Å²) in [5.74, 6) is 0.736. The number of hydrogen-bond donors (Lipinski definition) is 2. The summed E-state index contributed by atoms with van der Waals surface area (Å²) in [6, 6.07) is 16.5. The first-order valence-electron chi connectivity index (χ1n) is 9.57. The van der Waals surface area contributed by atoms with Crippen LogP contribution >= 0.6 is 0 Å². The highest BCUT2D eigenvalue weighted by atomic mass is 16.5. The van der Waals surface area contributed by atoms with Gasteiger partial charge in [0.15, 0.2) is 0 Å². The van der Waals surface area contributed by atoms with E-state index in [0.717, 1.165) is 16.9 Å². The molecule has 1 atom stereocenters. The molecule has 0 radical (unpaired) electrons. The van der Waals surface area contributed by atoms with Gasteiger partial charge in [0, 0.05) is 7.11 Å². The second kappa shape index (κ2) is 13.5. The van der Waals surface area contributed by atoms with E-state index in [-0.39, 0.29) is 13.2 Å². The molecule has 2 rings (SSSR count). The van der Waals surface area contributed by atoms with Crippen LogP contribution in [0.4, 0.5) is 4.79 Å². The van der Waals surface area contributed by atoms with E-state index in [0.29, 0.717) is 32.8 Å². The molecule has 0 aliphatic heterocycles. The molecule has 0 saturated carbocycles. The molecule has 2 N–H and O–H groups in total. The Morgan fingerprint density at radius 3 is 2.38 bits per heavy atom. The summed E-state index contributed by atoms with van der Waals surface area (Å²) in [5, 5.41) is 12.3. The first-order valence-corrected chi connectivity index (χ1v) is 9.57. The largest absolute Gasteiger partial charge is 0.491 e. The van der Waals surface area contributed by atoms with Gasteiger partial charge in [0.1, 0.15) is 19.0 Å². The lowest BCUT2D eigenvalue weighted by Gasteiger charge is -2.16. The molecule has 0 aliphatic rings. The fraction of sp³-hybridized carbons (Fsp3) is 0.409. The molecule has 0 bridgehead atoms. The van der Waals surface area contributed by atoms with Crippen molar-refractivity contribution in [2.45, 2.75) is 19.1 Å². The van der Waals surface area contributed by atoms with Crippen molar-refractivity contribution in [3.05, 3.63) is 65.7 Å². The van der Waals surface area contributed by atoms with Gasteiger partial charge in [-0.15, -0.1) is 0 Å². The number of methoxy groups -OCH3 is 1. The summed E-state index contributed by atoms with van der Waals surface area (Å²) in [5.41, 5.74) is 1.87. The fourth-order valence-corrected chi connectivity index (χ4v) is 2.56. The molecule has 0 saturated heterocycles. The summed E-state index contributed by atoms with van der Waals surface area (Å²) >= 11 is 0. The lowest BCUT2D eigenvalue weighted by Crippen LogP contribution is -2.39. The van der Waals surface area contributed by atoms with Crippen molar-refractivity contribution in [1.82, 2.24) is 5.32 Å². The predicted molar refractivity (Wildman–Crippen MR) is 109 cm³/mol. The van der Waals surface area contributed by atoms with Crippen LogP contribution in [-0.4, -0.2) is 57.4 Å². The number of aliphatic hydroxyl groups is 1. The zero-order valence-electron chi connectivity index (χ0n) is 16.7. The number of amides is 1. The van der Waals surface area contributed by atoms with Crippen molar-refractivity contribution >= 4 is 6.09 Å². The average molecular weight is 403 g/mol. The van der Waals surface area contributed by atoms with Crippen LogP contribution < -0.4 is 10.1 Å². The first-order chi connectivity index (χ1) is 14.2. The second-order valence-electron chi connectivity index (χ2n) is 6.39. The summed E-state index contributed by atoms with van der Waals surface area (Å²) in [4.78, 5) is 12.0. The van der Waals surface area contributed by atoms with Gasteiger partial charge in [-0.3, -0.25) is 0 Å². The first kappa shape index (κ1) is 22.7. The average Bonchev–Trinajstić information content (AvgIpc) is 2.76. The SMILES string of the molecule is COCCOCCOc1ccc(CC(CO)NC(=O)OCc2ccccc2)cc1. The van der Waals surface area contributed by atoms with Crippen molar-refractivity contribution in [1.29, 1.82) is 0 Å². The summed E-state index contributed by atoms with van der Waals surface area (Å²) in [7, 11) is 1.63. The Balaban J connectivity index is 1.70. The van der Waals surface area contributed by atoms with Gasteiger partial charge in [0.25, 0.3) is 0 Å². The van der Waals surface area contributed by atoms with E-state index in [4.69, 9.17) is 18.9 Å². The highest BCUT2D eigenvalue weighted by Gasteiger charge is 2.13. The normalized spacial score (nSPS) is 11.7. The topological polar surface area (TPSA) is 86.3 Å². The monoisotopic (exact) mass is 403 g/mol. The number of nitrogens with one attached hydrogen (secondary N) is 1. The van der Waals surface area contributed by atoms with Gasteiger partial charge in [-0.2, -0.15) is 0 Å². The van der Waals surface area contributed by atoms with Crippen molar-refractivity contribution in [2.75, 3.05) is 40.1 Å². The number of alkyl carbamates (subject to hydrolysis) is 1. The van der Waals surface area contributed by atoms with Gasteiger partial charge in [0.2, 0.25) is 0 Å². The molecule has 2 aromatic carbocycles. The molecule has 0 aromatic heterocycles. The minimum atomic E-state index is -0.554. The molecule has 1 amide bonds. The summed E-state index contributed by atoms with van der Waals surface area (Å²) in [6.45, 7) is 2.06. The molecule has 7 nitrogen and oxygen atoms in total. The molecule has 0 heterocycles. The quantitative estimate of drug-likeness (QED) is 0.500. The maximum atomic E-state index is 12.0. The maximum Gasteiger partial charge on any atom is 0.407 e. The highest BCUT2D eigenvalue weighted by molar-refractivity contribution is 5.67. The Labute approximate surface area is 171 Å². The Morgan fingerprint density at radius 2 is 1.69 bits per heavy atom. The number of hydrogen-bond acceptors (Lipinski definition) is 6. The van der Waals surface area contributed by atoms with Crippen molar-refractivity contribution in [2.24, 2.45) is 0 Å². The van der Waals surface area contributed by atoms with Crippen LogP contribution in [0.5, 0.6) is 5.75 Å². The number of ether oxygens (including phenoxy) is 4. The summed E-state index contributed by atoms with van der Waals surface area (Å²) < 4.78 is 21.0. The van der Waals surface area contributed by atoms with Crippen LogP contribution in [0.15, 0.2) is 54.6 Å². The van der Waals surface area contributed by atoms with Crippen LogP contribution in [0.25, 0.3) is 0 Å². The molecule has 2 aromatic rings. The van der Waals surface area contributed by atoms with E-state index in [2.05, 4.69) is 5.32 Å². The number of aliphatic hydroxyl groups excluding tert-OH is 1. The minimum absolute atomic E-state index is 0.183. The van der Waals surface area contributed by atoms with Crippen LogP contribution in [0, 0.1) is 0 Å².